The van der Waals surface area contributed by atoms with Crippen molar-refractivity contribution in [3.05, 3.63) is 70.8 Å². The molecule has 0 bridgehead atoms. The van der Waals surface area contributed by atoms with Gasteiger partial charge in [0.05, 0.1) is 5.52 Å². The number of rotatable bonds is 2. The van der Waals surface area contributed by atoms with Crippen LogP contribution >= 0.6 is 0 Å². The van der Waals surface area contributed by atoms with Gasteiger partial charge < -0.3 is 4.74 Å². The summed E-state index contributed by atoms with van der Waals surface area (Å²) in [6, 6.07) is 14.2. The number of para-hydroxylation sites is 1. The van der Waals surface area contributed by atoms with E-state index in [0.29, 0.717) is 16.6 Å². The predicted molar refractivity (Wildman–Crippen MR) is 80.8 cm³/mol. The SMILES string of the molecule is CC(=O)Oc1cc(=O)n(-c2ccccc2)c2ccc(F)cc12. The number of esters is 1. The molecule has 0 radical (unpaired) electrons. The molecule has 0 saturated heterocycles. The minimum Gasteiger partial charge on any atom is -0.426 e. The highest BCUT2D eigenvalue weighted by atomic mass is 19.1. The second kappa shape index (κ2) is 5.44. The first-order valence-corrected chi connectivity index (χ1v) is 6.65. The zero-order chi connectivity index (χ0) is 15.7. The van der Waals surface area contributed by atoms with Gasteiger partial charge in [-0.2, -0.15) is 0 Å². The minimum atomic E-state index is -0.567. The molecule has 0 saturated carbocycles. The Morgan fingerprint density at radius 2 is 1.82 bits per heavy atom. The van der Waals surface area contributed by atoms with Gasteiger partial charge in [0.25, 0.3) is 5.56 Å². The summed E-state index contributed by atoms with van der Waals surface area (Å²) in [5.74, 6) is -0.985. The fourth-order valence-corrected chi connectivity index (χ4v) is 2.36. The minimum absolute atomic E-state index is 0.0548. The van der Waals surface area contributed by atoms with Crippen LogP contribution in [0.2, 0.25) is 0 Å². The van der Waals surface area contributed by atoms with Crippen LogP contribution in [0.4, 0.5) is 4.39 Å². The lowest BCUT2D eigenvalue weighted by molar-refractivity contribution is -0.131. The molecule has 3 rings (SSSR count). The third-order valence-electron chi connectivity index (χ3n) is 3.21. The molecular formula is C17H12FNO3. The molecule has 0 unspecified atom stereocenters. The van der Waals surface area contributed by atoms with Crippen LogP contribution in [0.1, 0.15) is 6.92 Å². The number of halogens is 1. The number of benzene rings is 2. The standard InChI is InChI=1S/C17H12FNO3/c1-11(20)22-16-10-17(21)19(13-5-3-2-4-6-13)15-8-7-12(18)9-14(15)16/h2-10H,1H3. The smallest absolute Gasteiger partial charge is 0.308 e. The monoisotopic (exact) mass is 297 g/mol. The van der Waals surface area contributed by atoms with E-state index < -0.39 is 11.8 Å². The summed E-state index contributed by atoms with van der Waals surface area (Å²) in [4.78, 5) is 23.6. The van der Waals surface area contributed by atoms with Crippen molar-refractivity contribution in [2.45, 2.75) is 6.92 Å². The Balaban J connectivity index is 2.38. The fraction of sp³-hybridized carbons (Fsp3) is 0.0588. The maximum atomic E-state index is 13.6. The van der Waals surface area contributed by atoms with Crippen LogP contribution in [0.15, 0.2) is 59.4 Å². The Bertz CT molecular complexity index is 916. The van der Waals surface area contributed by atoms with Crippen LogP contribution in [-0.2, 0) is 4.79 Å². The summed E-state index contributed by atoms with van der Waals surface area (Å²) in [5.41, 5.74) is 0.761. The summed E-state index contributed by atoms with van der Waals surface area (Å²) in [5, 5.41) is 0.360. The van der Waals surface area contributed by atoms with Crippen molar-refractivity contribution >= 4 is 16.9 Å². The van der Waals surface area contributed by atoms with Gasteiger partial charge in [-0.25, -0.2) is 4.39 Å². The average Bonchev–Trinajstić information content (AvgIpc) is 2.48. The maximum absolute atomic E-state index is 13.6. The van der Waals surface area contributed by atoms with Gasteiger partial charge in [0.2, 0.25) is 0 Å². The average molecular weight is 297 g/mol. The maximum Gasteiger partial charge on any atom is 0.308 e. The molecule has 0 aliphatic heterocycles. The normalized spacial score (nSPS) is 10.6. The molecule has 3 aromatic rings. The van der Waals surface area contributed by atoms with Gasteiger partial charge in [0, 0.05) is 24.1 Å². The van der Waals surface area contributed by atoms with Crippen LogP contribution in [0.5, 0.6) is 5.75 Å². The molecular weight excluding hydrogens is 285 g/mol. The van der Waals surface area contributed by atoms with E-state index in [-0.39, 0.29) is 11.3 Å². The number of aromatic nitrogens is 1. The van der Waals surface area contributed by atoms with E-state index in [9.17, 15) is 14.0 Å². The zero-order valence-electron chi connectivity index (χ0n) is 11.7. The molecule has 1 heterocycles. The van der Waals surface area contributed by atoms with Crippen molar-refractivity contribution in [2.75, 3.05) is 0 Å². The van der Waals surface area contributed by atoms with E-state index in [1.54, 1.807) is 24.3 Å². The number of hydrogen-bond acceptors (Lipinski definition) is 3. The van der Waals surface area contributed by atoms with Gasteiger partial charge in [-0.15, -0.1) is 0 Å². The Labute approximate surface area is 125 Å². The van der Waals surface area contributed by atoms with Crippen LogP contribution < -0.4 is 10.3 Å². The van der Waals surface area contributed by atoms with E-state index in [1.807, 2.05) is 6.07 Å². The van der Waals surface area contributed by atoms with E-state index in [1.165, 1.54) is 35.8 Å². The molecule has 5 heteroatoms. The van der Waals surface area contributed by atoms with Gasteiger partial charge in [-0.1, -0.05) is 18.2 Å². The largest absolute Gasteiger partial charge is 0.426 e. The molecule has 0 amide bonds. The number of pyridine rings is 1. The van der Waals surface area contributed by atoms with Crippen LogP contribution in [0.25, 0.3) is 16.6 Å². The summed E-state index contributed by atoms with van der Waals surface area (Å²) in [7, 11) is 0. The Hall–Kier alpha value is -2.95. The summed E-state index contributed by atoms with van der Waals surface area (Å²) in [6.45, 7) is 1.23. The second-order valence-corrected chi connectivity index (χ2v) is 4.77. The van der Waals surface area contributed by atoms with Crippen molar-refractivity contribution in [1.29, 1.82) is 0 Å². The Morgan fingerprint density at radius 3 is 2.50 bits per heavy atom. The zero-order valence-corrected chi connectivity index (χ0v) is 11.7. The van der Waals surface area contributed by atoms with Crippen LogP contribution in [0, 0.1) is 5.82 Å². The fourth-order valence-electron chi connectivity index (χ4n) is 2.36. The summed E-state index contributed by atoms with van der Waals surface area (Å²) >= 11 is 0. The first-order chi connectivity index (χ1) is 10.6. The lowest BCUT2D eigenvalue weighted by atomic mass is 10.1. The first-order valence-electron chi connectivity index (χ1n) is 6.65. The number of carbonyl (C=O) groups excluding carboxylic acids is 1. The molecule has 2 aromatic carbocycles. The van der Waals surface area contributed by atoms with Gasteiger partial charge in [0.1, 0.15) is 11.6 Å². The first kappa shape index (κ1) is 14.0. The van der Waals surface area contributed by atoms with E-state index in [0.717, 1.165) is 0 Å². The third kappa shape index (κ3) is 2.48. The van der Waals surface area contributed by atoms with Gasteiger partial charge in [-0.3, -0.25) is 14.2 Å². The number of fused-ring (bicyclic) bond motifs is 1. The van der Waals surface area contributed by atoms with Gasteiger partial charge in [-0.05, 0) is 30.3 Å². The molecule has 0 N–H and O–H groups in total. The second-order valence-electron chi connectivity index (χ2n) is 4.77. The highest BCUT2D eigenvalue weighted by Gasteiger charge is 2.13. The molecule has 0 fully saturated rings. The molecule has 4 nitrogen and oxygen atoms in total. The van der Waals surface area contributed by atoms with E-state index in [4.69, 9.17) is 4.74 Å². The molecule has 0 spiro atoms. The van der Waals surface area contributed by atoms with Crippen molar-refractivity contribution < 1.29 is 13.9 Å². The number of carbonyl (C=O) groups is 1. The lowest BCUT2D eigenvalue weighted by Gasteiger charge is -2.13. The molecule has 22 heavy (non-hydrogen) atoms. The number of nitrogens with zero attached hydrogens (tertiary/aromatic N) is 1. The lowest BCUT2D eigenvalue weighted by Crippen LogP contribution is -2.19. The van der Waals surface area contributed by atoms with Crippen molar-refractivity contribution in [3.8, 4) is 11.4 Å². The number of hydrogen-bond donors (Lipinski definition) is 0. The van der Waals surface area contributed by atoms with E-state index >= 15 is 0 Å². The molecule has 0 aliphatic carbocycles. The van der Waals surface area contributed by atoms with Crippen LogP contribution in [0.3, 0.4) is 0 Å². The summed E-state index contributed by atoms with van der Waals surface area (Å²) in [6.07, 6.45) is 0. The van der Waals surface area contributed by atoms with Crippen LogP contribution in [-0.4, -0.2) is 10.5 Å². The quantitative estimate of drug-likeness (QED) is 0.683. The molecule has 110 valence electrons. The van der Waals surface area contributed by atoms with Gasteiger partial charge in [0.15, 0.2) is 0 Å². The van der Waals surface area contributed by atoms with E-state index in [2.05, 4.69) is 0 Å². The Morgan fingerprint density at radius 1 is 1.09 bits per heavy atom. The molecule has 1 aromatic heterocycles. The molecule has 0 aliphatic rings. The van der Waals surface area contributed by atoms with Crippen molar-refractivity contribution in [2.24, 2.45) is 0 Å². The highest BCUT2D eigenvalue weighted by molar-refractivity contribution is 5.88. The highest BCUT2D eigenvalue weighted by Crippen LogP contribution is 2.26. The Kier molecular flexibility index (Phi) is 3.47. The third-order valence-corrected chi connectivity index (χ3v) is 3.21. The van der Waals surface area contributed by atoms with Crippen molar-refractivity contribution in [3.63, 3.8) is 0 Å². The summed E-state index contributed by atoms with van der Waals surface area (Å²) < 4.78 is 20.0. The topological polar surface area (TPSA) is 48.3 Å². The number of ether oxygens (including phenoxy) is 1. The van der Waals surface area contributed by atoms with Crippen molar-refractivity contribution in [1.82, 2.24) is 4.57 Å². The molecule has 0 atom stereocenters. The predicted octanol–water partition coefficient (Wildman–Crippen LogP) is 3.06. The van der Waals surface area contributed by atoms with Gasteiger partial charge >= 0.3 is 5.97 Å².